The molecule has 0 radical (unpaired) electrons. The summed E-state index contributed by atoms with van der Waals surface area (Å²) in [5.41, 5.74) is 1.12. The Morgan fingerprint density at radius 2 is 1.74 bits per heavy atom. The van der Waals surface area contributed by atoms with E-state index in [2.05, 4.69) is 5.32 Å². The summed E-state index contributed by atoms with van der Waals surface area (Å²) >= 11 is 6.14. The Balaban J connectivity index is 1.72. The number of carbonyl (C=O) groups is 2. The molecule has 0 spiro atoms. The summed E-state index contributed by atoms with van der Waals surface area (Å²) in [5.74, 6) is 0.519. The molecule has 0 bridgehead atoms. The van der Waals surface area contributed by atoms with Crippen LogP contribution in [-0.2, 0) is 9.53 Å². The van der Waals surface area contributed by atoms with Gasteiger partial charge in [0.05, 0.1) is 20.3 Å². The lowest BCUT2D eigenvalue weighted by atomic mass is 10.0. The summed E-state index contributed by atoms with van der Waals surface area (Å²) in [6, 6.07) is 11.5. The maximum Gasteiger partial charge on any atom is 0.255 e. The van der Waals surface area contributed by atoms with Gasteiger partial charge in [0.25, 0.3) is 5.91 Å². The predicted octanol–water partition coefficient (Wildman–Crippen LogP) is 4.78. The molecule has 7 nitrogen and oxygen atoms in total. The lowest BCUT2D eigenvalue weighted by Gasteiger charge is -2.34. The van der Waals surface area contributed by atoms with Crippen LogP contribution in [0.4, 0.5) is 0 Å². The molecule has 0 aromatic heterocycles. The van der Waals surface area contributed by atoms with Crippen molar-refractivity contribution in [2.24, 2.45) is 0 Å². The lowest BCUT2D eigenvalue weighted by molar-refractivity contribution is -0.127. The Morgan fingerprint density at radius 3 is 2.37 bits per heavy atom. The summed E-state index contributed by atoms with van der Waals surface area (Å²) in [7, 11) is 3.08. The number of nitrogens with one attached hydrogen (secondary N) is 1. The highest BCUT2D eigenvalue weighted by Gasteiger charge is 2.36. The monoisotopic (exact) mass is 500 g/mol. The molecule has 2 aromatic carbocycles. The standard InChI is InChI=1S/C27H33ClN2O5/c1-33-23-14-11-19(16-24(23)34-2)27(32)30(17-22-8-5-15-35-22)25(18-9-12-20(28)13-10-18)26(31)29-21-6-3-4-7-21/h9-14,16,21-22,25H,3-8,15,17H2,1-2H3,(H,29,31)/t22-,25+/m0/s1. The summed E-state index contributed by atoms with van der Waals surface area (Å²) in [6.07, 6.45) is 5.74. The van der Waals surface area contributed by atoms with E-state index in [0.29, 0.717) is 40.8 Å². The Morgan fingerprint density at radius 1 is 1.03 bits per heavy atom. The lowest BCUT2D eigenvalue weighted by Crippen LogP contribution is -2.48. The zero-order chi connectivity index (χ0) is 24.8. The normalized spacial score (nSPS) is 18.8. The van der Waals surface area contributed by atoms with E-state index in [1.165, 1.54) is 7.11 Å². The van der Waals surface area contributed by atoms with E-state index >= 15 is 0 Å². The third kappa shape index (κ3) is 6.08. The number of nitrogens with zero attached hydrogens (tertiary/aromatic N) is 1. The zero-order valence-corrected chi connectivity index (χ0v) is 21.1. The molecule has 188 valence electrons. The van der Waals surface area contributed by atoms with Gasteiger partial charge in [0.2, 0.25) is 5.91 Å². The number of amides is 2. The van der Waals surface area contributed by atoms with Crippen LogP contribution >= 0.6 is 11.6 Å². The Labute approximate surface area is 211 Å². The molecule has 1 heterocycles. The summed E-state index contributed by atoms with van der Waals surface area (Å²) in [5, 5.41) is 3.76. The van der Waals surface area contributed by atoms with Crippen LogP contribution in [0, 0.1) is 0 Å². The third-order valence-electron chi connectivity index (χ3n) is 6.76. The van der Waals surface area contributed by atoms with E-state index in [1.807, 2.05) is 12.1 Å². The molecule has 1 N–H and O–H groups in total. The molecule has 2 aromatic rings. The van der Waals surface area contributed by atoms with E-state index in [-0.39, 0.29) is 24.0 Å². The van der Waals surface area contributed by atoms with Gasteiger partial charge in [0.1, 0.15) is 6.04 Å². The van der Waals surface area contributed by atoms with E-state index in [4.69, 9.17) is 25.8 Å². The fraction of sp³-hybridized carbons (Fsp3) is 0.481. The number of halogens is 1. The van der Waals surface area contributed by atoms with Crippen LogP contribution < -0.4 is 14.8 Å². The van der Waals surface area contributed by atoms with Crippen molar-refractivity contribution in [3.63, 3.8) is 0 Å². The SMILES string of the molecule is COc1ccc(C(=O)N(C[C@@H]2CCCO2)[C@@H](C(=O)NC2CCCC2)c2ccc(Cl)cc2)cc1OC. The summed E-state index contributed by atoms with van der Waals surface area (Å²) in [6.45, 7) is 0.960. The Kier molecular flexibility index (Phi) is 8.52. The second-order valence-electron chi connectivity index (χ2n) is 9.11. The van der Waals surface area contributed by atoms with Crippen molar-refractivity contribution in [3.8, 4) is 11.5 Å². The van der Waals surface area contributed by atoms with Gasteiger partial charge in [0.15, 0.2) is 11.5 Å². The molecule has 2 atom stereocenters. The summed E-state index contributed by atoms with van der Waals surface area (Å²) < 4.78 is 16.6. The number of hydrogen-bond donors (Lipinski definition) is 1. The Bertz CT molecular complexity index is 1020. The van der Waals surface area contributed by atoms with Crippen molar-refractivity contribution in [1.82, 2.24) is 10.2 Å². The average Bonchev–Trinajstić information content (AvgIpc) is 3.58. The molecule has 4 rings (SSSR count). The van der Waals surface area contributed by atoms with Crippen LogP contribution in [0.2, 0.25) is 5.02 Å². The first-order valence-corrected chi connectivity index (χ1v) is 12.6. The van der Waals surface area contributed by atoms with Crippen LogP contribution in [0.3, 0.4) is 0 Å². The van der Waals surface area contributed by atoms with Gasteiger partial charge in [-0.2, -0.15) is 0 Å². The maximum atomic E-state index is 14.0. The molecular formula is C27H33ClN2O5. The van der Waals surface area contributed by atoms with Crippen molar-refractivity contribution < 1.29 is 23.8 Å². The number of hydrogen-bond acceptors (Lipinski definition) is 5. The topological polar surface area (TPSA) is 77.1 Å². The summed E-state index contributed by atoms with van der Waals surface area (Å²) in [4.78, 5) is 29.4. The minimum absolute atomic E-state index is 0.123. The van der Waals surface area contributed by atoms with Crippen molar-refractivity contribution in [3.05, 3.63) is 58.6 Å². The molecule has 2 aliphatic rings. The minimum atomic E-state index is -0.822. The van der Waals surface area contributed by atoms with Crippen LogP contribution in [0.15, 0.2) is 42.5 Å². The highest BCUT2D eigenvalue weighted by molar-refractivity contribution is 6.30. The number of benzene rings is 2. The van der Waals surface area contributed by atoms with Gasteiger partial charge >= 0.3 is 0 Å². The molecule has 1 saturated heterocycles. The first kappa shape index (κ1) is 25.3. The first-order chi connectivity index (χ1) is 17.0. The number of carbonyl (C=O) groups excluding carboxylic acids is 2. The van der Waals surface area contributed by atoms with Gasteiger partial charge in [-0.1, -0.05) is 36.6 Å². The fourth-order valence-corrected chi connectivity index (χ4v) is 5.04. The van der Waals surface area contributed by atoms with Gasteiger partial charge in [-0.3, -0.25) is 9.59 Å². The third-order valence-corrected chi connectivity index (χ3v) is 7.01. The van der Waals surface area contributed by atoms with Gasteiger partial charge in [-0.15, -0.1) is 0 Å². The smallest absolute Gasteiger partial charge is 0.255 e. The van der Waals surface area contributed by atoms with Gasteiger partial charge < -0.3 is 24.4 Å². The molecule has 1 aliphatic heterocycles. The average molecular weight is 501 g/mol. The number of methoxy groups -OCH3 is 2. The minimum Gasteiger partial charge on any atom is -0.493 e. The van der Waals surface area contributed by atoms with Crippen LogP contribution in [0.25, 0.3) is 0 Å². The van der Waals surface area contributed by atoms with Crippen LogP contribution in [0.5, 0.6) is 11.5 Å². The zero-order valence-electron chi connectivity index (χ0n) is 20.3. The Hall–Kier alpha value is -2.77. The highest BCUT2D eigenvalue weighted by atomic mass is 35.5. The first-order valence-electron chi connectivity index (χ1n) is 12.2. The molecule has 1 saturated carbocycles. The molecule has 2 amide bonds. The highest BCUT2D eigenvalue weighted by Crippen LogP contribution is 2.32. The van der Waals surface area contributed by atoms with Crippen molar-refractivity contribution in [2.75, 3.05) is 27.4 Å². The molecule has 8 heteroatoms. The largest absolute Gasteiger partial charge is 0.493 e. The van der Waals surface area contributed by atoms with E-state index in [9.17, 15) is 9.59 Å². The maximum absolute atomic E-state index is 14.0. The van der Waals surface area contributed by atoms with Gasteiger partial charge in [0, 0.05) is 29.8 Å². The molecular weight excluding hydrogens is 468 g/mol. The second-order valence-corrected chi connectivity index (χ2v) is 9.54. The fourth-order valence-electron chi connectivity index (χ4n) is 4.92. The van der Waals surface area contributed by atoms with E-state index < -0.39 is 6.04 Å². The molecule has 1 aliphatic carbocycles. The van der Waals surface area contributed by atoms with E-state index in [0.717, 1.165) is 38.5 Å². The van der Waals surface area contributed by atoms with Crippen LogP contribution in [0.1, 0.15) is 60.5 Å². The molecule has 2 fully saturated rings. The molecule has 35 heavy (non-hydrogen) atoms. The van der Waals surface area contributed by atoms with Crippen LogP contribution in [-0.4, -0.2) is 56.2 Å². The van der Waals surface area contributed by atoms with Crippen molar-refractivity contribution in [1.29, 1.82) is 0 Å². The second kappa shape index (κ2) is 11.8. The number of rotatable bonds is 9. The van der Waals surface area contributed by atoms with E-state index in [1.54, 1.807) is 42.3 Å². The number of ether oxygens (including phenoxy) is 3. The van der Waals surface area contributed by atoms with Gasteiger partial charge in [-0.25, -0.2) is 0 Å². The van der Waals surface area contributed by atoms with Gasteiger partial charge in [-0.05, 0) is 61.6 Å². The quantitative estimate of drug-likeness (QED) is 0.536. The molecule has 0 unspecified atom stereocenters. The van der Waals surface area contributed by atoms with Crippen molar-refractivity contribution in [2.45, 2.75) is 56.7 Å². The predicted molar refractivity (Wildman–Crippen MR) is 134 cm³/mol. The van der Waals surface area contributed by atoms with Crippen molar-refractivity contribution >= 4 is 23.4 Å².